The van der Waals surface area contributed by atoms with Crippen LogP contribution in [0, 0.1) is 3.57 Å². The van der Waals surface area contributed by atoms with Crippen LogP contribution in [0.25, 0.3) is 0 Å². The van der Waals surface area contributed by atoms with Gasteiger partial charge >= 0.3 is 0 Å². The summed E-state index contributed by atoms with van der Waals surface area (Å²) in [6, 6.07) is 7.59. The van der Waals surface area contributed by atoms with Gasteiger partial charge < -0.3 is 4.90 Å². The first-order chi connectivity index (χ1) is 9.15. The molecule has 2 fully saturated rings. The van der Waals surface area contributed by atoms with Crippen LogP contribution in [0.4, 0.5) is 5.69 Å². The van der Waals surface area contributed by atoms with Crippen LogP contribution < -0.4 is 4.90 Å². The molecule has 0 amide bonds. The molecule has 19 heavy (non-hydrogen) atoms. The van der Waals surface area contributed by atoms with Crippen LogP contribution in [-0.2, 0) is 0 Å². The molecule has 0 aromatic heterocycles. The fraction of sp³-hybridized carbons (Fsp3) is 0.600. The van der Waals surface area contributed by atoms with E-state index in [0.717, 1.165) is 11.1 Å². The first kappa shape index (κ1) is 14.0. The summed E-state index contributed by atoms with van der Waals surface area (Å²) in [5.74, 6) is 0. The van der Waals surface area contributed by atoms with Crippen molar-refractivity contribution in [2.45, 2.75) is 38.3 Å². The highest BCUT2D eigenvalue weighted by molar-refractivity contribution is 14.1. The largest absolute Gasteiger partial charge is 0.365 e. The van der Waals surface area contributed by atoms with Crippen LogP contribution in [-0.4, -0.2) is 36.6 Å². The molecule has 2 saturated heterocycles. The topological polar surface area (TPSA) is 6.48 Å². The van der Waals surface area contributed by atoms with Crippen molar-refractivity contribution >= 4 is 39.9 Å². The second kappa shape index (κ2) is 5.78. The second-order valence-corrected chi connectivity index (χ2v) is 7.34. The van der Waals surface area contributed by atoms with Crippen molar-refractivity contribution in [3.63, 3.8) is 0 Å². The lowest BCUT2D eigenvalue weighted by atomic mass is 9.96. The van der Waals surface area contributed by atoms with E-state index in [-0.39, 0.29) is 0 Å². The molecular formula is C15H20ClIN2. The van der Waals surface area contributed by atoms with Gasteiger partial charge in [0.1, 0.15) is 0 Å². The van der Waals surface area contributed by atoms with E-state index in [2.05, 4.69) is 51.4 Å². The number of piperazine rings is 1. The van der Waals surface area contributed by atoms with E-state index in [1.807, 2.05) is 6.07 Å². The number of rotatable bonds is 1. The Morgan fingerprint density at radius 2 is 2.11 bits per heavy atom. The smallest absolute Gasteiger partial charge is 0.0506 e. The summed E-state index contributed by atoms with van der Waals surface area (Å²) in [6.07, 6.45) is 4.12. The molecule has 2 aliphatic rings. The van der Waals surface area contributed by atoms with Crippen molar-refractivity contribution in [2.75, 3.05) is 24.5 Å². The van der Waals surface area contributed by atoms with E-state index in [9.17, 15) is 0 Å². The van der Waals surface area contributed by atoms with Crippen LogP contribution in [0.2, 0.25) is 5.02 Å². The normalized spacial score (nSPS) is 28.3. The van der Waals surface area contributed by atoms with E-state index in [4.69, 9.17) is 11.6 Å². The lowest BCUT2D eigenvalue weighted by molar-refractivity contribution is 0.115. The molecule has 2 heterocycles. The molecule has 2 nitrogen and oxygen atoms in total. The monoisotopic (exact) mass is 390 g/mol. The van der Waals surface area contributed by atoms with Gasteiger partial charge in [-0.1, -0.05) is 18.0 Å². The molecule has 4 heteroatoms. The summed E-state index contributed by atoms with van der Waals surface area (Å²) >= 11 is 8.48. The first-order valence-electron chi connectivity index (χ1n) is 7.11. The number of piperidine rings is 1. The number of hydrogen-bond acceptors (Lipinski definition) is 2. The number of benzene rings is 1. The van der Waals surface area contributed by atoms with Crippen molar-refractivity contribution in [3.8, 4) is 0 Å². The number of nitrogens with zero attached hydrogens (tertiary/aromatic N) is 2. The molecule has 0 aliphatic carbocycles. The van der Waals surface area contributed by atoms with Crippen molar-refractivity contribution in [2.24, 2.45) is 0 Å². The number of fused-ring (bicyclic) bond motifs is 1. The fourth-order valence-electron chi connectivity index (χ4n) is 3.40. The minimum absolute atomic E-state index is 0.587. The Morgan fingerprint density at radius 1 is 1.26 bits per heavy atom. The molecule has 0 bridgehead atoms. The van der Waals surface area contributed by atoms with Crippen LogP contribution in [0.3, 0.4) is 0 Å². The van der Waals surface area contributed by atoms with E-state index >= 15 is 0 Å². The van der Waals surface area contributed by atoms with E-state index in [1.54, 1.807) is 0 Å². The molecule has 0 radical (unpaired) electrons. The third kappa shape index (κ3) is 2.88. The maximum absolute atomic E-state index is 6.07. The van der Waals surface area contributed by atoms with Crippen LogP contribution >= 0.6 is 34.2 Å². The number of anilines is 1. The first-order valence-corrected chi connectivity index (χ1v) is 8.56. The zero-order valence-corrected chi connectivity index (χ0v) is 14.2. The Balaban J connectivity index is 1.83. The van der Waals surface area contributed by atoms with Gasteiger partial charge in [0.2, 0.25) is 0 Å². The summed E-state index contributed by atoms with van der Waals surface area (Å²) in [7, 11) is 0. The van der Waals surface area contributed by atoms with Gasteiger partial charge in [0.25, 0.3) is 0 Å². The molecule has 2 aliphatic heterocycles. The van der Waals surface area contributed by atoms with Gasteiger partial charge in [-0.05, 0) is 67.1 Å². The Kier molecular flexibility index (Phi) is 4.25. The fourth-order valence-corrected chi connectivity index (χ4v) is 4.58. The van der Waals surface area contributed by atoms with Gasteiger partial charge in [-0.3, -0.25) is 4.90 Å². The van der Waals surface area contributed by atoms with Crippen molar-refractivity contribution < 1.29 is 0 Å². The maximum Gasteiger partial charge on any atom is 0.0506 e. The maximum atomic E-state index is 6.07. The zero-order chi connectivity index (χ0) is 13.4. The average molecular weight is 391 g/mol. The summed E-state index contributed by atoms with van der Waals surface area (Å²) in [4.78, 5) is 5.26. The van der Waals surface area contributed by atoms with Crippen molar-refractivity contribution in [3.05, 3.63) is 26.8 Å². The highest BCUT2D eigenvalue weighted by atomic mass is 127. The lowest BCUT2D eigenvalue weighted by Crippen LogP contribution is -2.59. The zero-order valence-electron chi connectivity index (χ0n) is 11.3. The summed E-state index contributed by atoms with van der Waals surface area (Å²) in [5.41, 5.74) is 1.35. The molecular weight excluding hydrogens is 371 g/mol. The molecule has 3 rings (SSSR count). The van der Waals surface area contributed by atoms with E-state index < -0.39 is 0 Å². The molecule has 0 saturated carbocycles. The van der Waals surface area contributed by atoms with Crippen molar-refractivity contribution in [1.29, 1.82) is 0 Å². The molecule has 1 aromatic carbocycles. The van der Waals surface area contributed by atoms with Gasteiger partial charge in [-0.25, -0.2) is 0 Å². The minimum Gasteiger partial charge on any atom is -0.365 e. The molecule has 2 atom stereocenters. The Labute approximate surface area is 134 Å². The SMILES string of the molecule is CC1CN2CCCCC2CN1c1ccc(Cl)cc1I. The second-order valence-electron chi connectivity index (χ2n) is 5.74. The predicted octanol–water partition coefficient (Wildman–Crippen LogP) is 4.01. The Bertz CT molecular complexity index is 465. The summed E-state index contributed by atoms with van der Waals surface area (Å²) in [5, 5.41) is 0.831. The Hall–Kier alpha value is -0.000000000000000111. The quantitative estimate of drug-likeness (QED) is 0.669. The third-order valence-electron chi connectivity index (χ3n) is 4.41. The Morgan fingerprint density at radius 3 is 2.89 bits per heavy atom. The molecule has 0 spiro atoms. The molecule has 0 N–H and O–H groups in total. The van der Waals surface area contributed by atoms with E-state index in [0.29, 0.717) is 6.04 Å². The van der Waals surface area contributed by atoms with Crippen LogP contribution in [0.1, 0.15) is 26.2 Å². The lowest BCUT2D eigenvalue weighted by Gasteiger charge is -2.48. The van der Waals surface area contributed by atoms with Crippen molar-refractivity contribution in [1.82, 2.24) is 4.90 Å². The highest BCUT2D eigenvalue weighted by Crippen LogP contribution is 2.32. The van der Waals surface area contributed by atoms with Gasteiger partial charge in [0.15, 0.2) is 0 Å². The average Bonchev–Trinajstić information content (AvgIpc) is 2.38. The third-order valence-corrected chi connectivity index (χ3v) is 5.51. The number of halogens is 2. The number of hydrogen-bond donors (Lipinski definition) is 0. The molecule has 2 unspecified atom stereocenters. The standard InChI is InChI=1S/C15H20ClIN2/c1-11-9-18-7-3-2-4-13(18)10-19(11)15-6-5-12(16)8-14(15)17/h5-6,8,11,13H,2-4,7,9-10H2,1H3. The van der Waals surface area contributed by atoms with Gasteiger partial charge in [0.05, 0.1) is 5.69 Å². The van der Waals surface area contributed by atoms with Gasteiger partial charge in [0, 0.05) is 33.8 Å². The summed E-state index contributed by atoms with van der Waals surface area (Å²) in [6.45, 7) is 6.00. The summed E-state index contributed by atoms with van der Waals surface area (Å²) < 4.78 is 1.27. The van der Waals surface area contributed by atoms with Gasteiger partial charge in [-0.2, -0.15) is 0 Å². The molecule has 104 valence electrons. The highest BCUT2D eigenvalue weighted by Gasteiger charge is 2.33. The minimum atomic E-state index is 0.587. The van der Waals surface area contributed by atoms with Crippen LogP contribution in [0.15, 0.2) is 18.2 Å². The van der Waals surface area contributed by atoms with E-state index in [1.165, 1.54) is 48.2 Å². The predicted molar refractivity (Wildman–Crippen MR) is 90.2 cm³/mol. The molecule has 1 aromatic rings. The van der Waals surface area contributed by atoms with Gasteiger partial charge in [-0.15, -0.1) is 0 Å². The van der Waals surface area contributed by atoms with Crippen LogP contribution in [0.5, 0.6) is 0 Å².